The molecule has 0 spiro atoms. The first-order valence-electron chi connectivity index (χ1n) is 4.97. The lowest BCUT2D eigenvalue weighted by Gasteiger charge is -2.04. The van der Waals surface area contributed by atoms with E-state index in [1.807, 2.05) is 0 Å². The van der Waals surface area contributed by atoms with E-state index in [9.17, 15) is 4.39 Å². The number of aromatic nitrogens is 3. The molecule has 2 rings (SSSR count). The van der Waals surface area contributed by atoms with Crippen molar-refractivity contribution in [3.05, 3.63) is 36.0 Å². The van der Waals surface area contributed by atoms with Crippen molar-refractivity contribution >= 4 is 0 Å². The zero-order valence-electron chi connectivity index (χ0n) is 9.22. The Bertz CT molecular complexity index is 515. The second kappa shape index (κ2) is 4.84. The number of nitrogens with zero attached hydrogens (tertiary/aromatic N) is 3. The number of nitrogens with two attached hydrogens (primary N) is 1. The number of rotatable bonds is 3. The van der Waals surface area contributed by atoms with Gasteiger partial charge in [0.2, 0.25) is 0 Å². The van der Waals surface area contributed by atoms with Crippen molar-refractivity contribution in [1.82, 2.24) is 15.2 Å². The Balaban J connectivity index is 2.38. The predicted molar refractivity (Wildman–Crippen MR) is 59.7 cm³/mol. The van der Waals surface area contributed by atoms with Gasteiger partial charge in [0.15, 0.2) is 5.82 Å². The molecule has 5 nitrogen and oxygen atoms in total. The van der Waals surface area contributed by atoms with Crippen LogP contribution in [-0.2, 0) is 6.54 Å². The molecule has 0 atom stereocenters. The third-order valence-corrected chi connectivity index (χ3v) is 2.24. The van der Waals surface area contributed by atoms with Crippen LogP contribution in [0.1, 0.15) is 5.82 Å². The minimum absolute atomic E-state index is 0.207. The molecule has 2 N–H and O–H groups in total. The normalized spacial score (nSPS) is 10.3. The van der Waals surface area contributed by atoms with E-state index >= 15 is 0 Å². The molecule has 17 heavy (non-hydrogen) atoms. The molecule has 0 bridgehead atoms. The average molecular weight is 234 g/mol. The first-order valence-corrected chi connectivity index (χ1v) is 4.97. The van der Waals surface area contributed by atoms with Crippen molar-refractivity contribution in [3.63, 3.8) is 0 Å². The molecule has 1 aromatic carbocycles. The van der Waals surface area contributed by atoms with Gasteiger partial charge < -0.3 is 10.5 Å². The van der Waals surface area contributed by atoms with Gasteiger partial charge >= 0.3 is 0 Å². The van der Waals surface area contributed by atoms with Gasteiger partial charge in [-0.15, -0.1) is 10.2 Å². The molecule has 0 aliphatic heterocycles. The van der Waals surface area contributed by atoms with Crippen LogP contribution in [0.5, 0.6) is 5.75 Å². The van der Waals surface area contributed by atoms with Crippen molar-refractivity contribution in [2.75, 3.05) is 7.11 Å². The van der Waals surface area contributed by atoms with Crippen molar-refractivity contribution in [3.8, 4) is 17.0 Å². The standard InChI is InChI=1S/C11H11FN4O/c1-17-7-2-3-8(9(12)4-7)10-6-14-11(5-13)16-15-10/h2-4,6H,5,13H2,1H3. The molecule has 0 saturated heterocycles. The highest BCUT2D eigenvalue weighted by atomic mass is 19.1. The molecule has 0 saturated carbocycles. The smallest absolute Gasteiger partial charge is 0.164 e. The predicted octanol–water partition coefficient (Wildman–Crippen LogP) is 1.14. The number of halogens is 1. The lowest BCUT2D eigenvalue weighted by molar-refractivity contribution is 0.411. The topological polar surface area (TPSA) is 73.9 Å². The van der Waals surface area contributed by atoms with Gasteiger partial charge in [-0.05, 0) is 12.1 Å². The molecule has 2 aromatic rings. The molecule has 1 heterocycles. The summed E-state index contributed by atoms with van der Waals surface area (Å²) in [6.07, 6.45) is 1.44. The number of ether oxygens (including phenoxy) is 1. The fourth-order valence-electron chi connectivity index (χ4n) is 1.35. The highest BCUT2D eigenvalue weighted by Gasteiger charge is 2.08. The van der Waals surface area contributed by atoms with Gasteiger partial charge in [-0.2, -0.15) is 0 Å². The monoisotopic (exact) mass is 234 g/mol. The van der Waals surface area contributed by atoms with Gasteiger partial charge in [-0.1, -0.05) is 0 Å². The third-order valence-electron chi connectivity index (χ3n) is 2.24. The Morgan fingerprint density at radius 3 is 2.71 bits per heavy atom. The number of hydrogen-bond acceptors (Lipinski definition) is 5. The Morgan fingerprint density at radius 2 is 2.18 bits per heavy atom. The SMILES string of the molecule is COc1ccc(-c2cnc(CN)nn2)c(F)c1. The van der Waals surface area contributed by atoms with E-state index in [0.717, 1.165) is 0 Å². The highest BCUT2D eigenvalue weighted by Crippen LogP contribution is 2.23. The maximum absolute atomic E-state index is 13.7. The summed E-state index contributed by atoms with van der Waals surface area (Å²) < 4.78 is 18.6. The van der Waals surface area contributed by atoms with E-state index in [2.05, 4.69) is 15.2 Å². The maximum Gasteiger partial charge on any atom is 0.164 e. The fourth-order valence-corrected chi connectivity index (χ4v) is 1.35. The summed E-state index contributed by atoms with van der Waals surface area (Å²) in [4.78, 5) is 3.96. The summed E-state index contributed by atoms with van der Waals surface area (Å²) in [7, 11) is 1.48. The Hall–Kier alpha value is -2.08. The quantitative estimate of drug-likeness (QED) is 0.862. The van der Waals surface area contributed by atoms with E-state index in [0.29, 0.717) is 22.8 Å². The number of methoxy groups -OCH3 is 1. The number of hydrogen-bond donors (Lipinski definition) is 1. The summed E-state index contributed by atoms with van der Waals surface area (Å²) >= 11 is 0. The first-order chi connectivity index (χ1) is 8.24. The zero-order chi connectivity index (χ0) is 12.3. The van der Waals surface area contributed by atoms with Gasteiger partial charge in [0.1, 0.15) is 17.3 Å². The van der Waals surface area contributed by atoms with Crippen LogP contribution in [0.3, 0.4) is 0 Å². The molecule has 1 aromatic heterocycles. The zero-order valence-corrected chi connectivity index (χ0v) is 9.22. The van der Waals surface area contributed by atoms with Crippen LogP contribution < -0.4 is 10.5 Å². The molecule has 0 unspecified atom stereocenters. The molecular formula is C11H11FN4O. The summed E-state index contributed by atoms with van der Waals surface area (Å²) in [6.45, 7) is 0.207. The van der Waals surface area contributed by atoms with E-state index in [-0.39, 0.29) is 6.54 Å². The van der Waals surface area contributed by atoms with Crippen molar-refractivity contribution in [2.45, 2.75) is 6.54 Å². The average Bonchev–Trinajstić information content (AvgIpc) is 2.39. The van der Waals surface area contributed by atoms with Crippen LogP contribution in [0.25, 0.3) is 11.3 Å². The molecule has 0 aliphatic rings. The van der Waals surface area contributed by atoms with Crippen molar-refractivity contribution in [2.24, 2.45) is 5.73 Å². The van der Waals surface area contributed by atoms with Gasteiger partial charge in [-0.25, -0.2) is 9.37 Å². The van der Waals surface area contributed by atoms with Crippen LogP contribution in [0.4, 0.5) is 4.39 Å². The summed E-state index contributed by atoms with van der Waals surface area (Å²) in [6, 6.07) is 4.51. The van der Waals surface area contributed by atoms with Gasteiger partial charge in [0, 0.05) is 11.6 Å². The lowest BCUT2D eigenvalue weighted by atomic mass is 10.1. The van der Waals surface area contributed by atoms with Crippen LogP contribution in [0.2, 0.25) is 0 Å². The van der Waals surface area contributed by atoms with Crippen LogP contribution in [0, 0.1) is 5.82 Å². The van der Waals surface area contributed by atoms with Crippen LogP contribution >= 0.6 is 0 Å². The molecule has 6 heteroatoms. The summed E-state index contributed by atoms with van der Waals surface area (Å²) in [5.74, 6) is 0.439. The summed E-state index contributed by atoms with van der Waals surface area (Å²) in [5, 5.41) is 7.64. The van der Waals surface area contributed by atoms with E-state index in [1.54, 1.807) is 12.1 Å². The third kappa shape index (κ3) is 2.36. The molecule has 88 valence electrons. The molecule has 0 aliphatic carbocycles. The van der Waals surface area contributed by atoms with E-state index in [1.165, 1.54) is 19.4 Å². The molecule has 0 amide bonds. The molecule has 0 radical (unpaired) electrons. The molecule has 0 fully saturated rings. The maximum atomic E-state index is 13.7. The second-order valence-corrected chi connectivity index (χ2v) is 3.31. The van der Waals surface area contributed by atoms with Crippen LogP contribution in [0.15, 0.2) is 24.4 Å². The largest absolute Gasteiger partial charge is 0.497 e. The second-order valence-electron chi connectivity index (χ2n) is 3.31. The Kier molecular flexibility index (Phi) is 3.24. The van der Waals surface area contributed by atoms with Gasteiger partial charge in [-0.3, -0.25) is 0 Å². The van der Waals surface area contributed by atoms with Gasteiger partial charge in [0.25, 0.3) is 0 Å². The van der Waals surface area contributed by atoms with E-state index in [4.69, 9.17) is 10.5 Å². The fraction of sp³-hybridized carbons (Fsp3) is 0.182. The number of benzene rings is 1. The first kappa shape index (κ1) is 11.4. The van der Waals surface area contributed by atoms with Crippen molar-refractivity contribution in [1.29, 1.82) is 0 Å². The van der Waals surface area contributed by atoms with Crippen LogP contribution in [-0.4, -0.2) is 22.3 Å². The lowest BCUT2D eigenvalue weighted by Crippen LogP contribution is -2.05. The van der Waals surface area contributed by atoms with E-state index < -0.39 is 5.82 Å². The molecular weight excluding hydrogens is 223 g/mol. The van der Waals surface area contributed by atoms with Gasteiger partial charge in [0.05, 0.1) is 19.9 Å². The summed E-state index contributed by atoms with van der Waals surface area (Å²) in [5.41, 5.74) is 6.04. The minimum Gasteiger partial charge on any atom is -0.497 e. The Labute approximate surface area is 97.5 Å². The highest BCUT2D eigenvalue weighted by molar-refractivity contribution is 5.59. The van der Waals surface area contributed by atoms with Crippen molar-refractivity contribution < 1.29 is 9.13 Å². The Morgan fingerprint density at radius 1 is 1.35 bits per heavy atom. The minimum atomic E-state index is -0.430.